The number of hydrogen-bond acceptors (Lipinski definition) is 5. The maximum atomic E-state index is 12.4. The van der Waals surface area contributed by atoms with Gasteiger partial charge in [0.1, 0.15) is 0 Å². The average molecular weight is 377 g/mol. The van der Waals surface area contributed by atoms with Gasteiger partial charge < -0.3 is 15.5 Å². The second-order valence-electron chi connectivity index (χ2n) is 6.07. The Balaban J connectivity index is 0.00000243. The third-order valence-electron chi connectivity index (χ3n) is 4.34. The van der Waals surface area contributed by atoms with Crippen molar-refractivity contribution in [3.8, 4) is 0 Å². The molecule has 7 nitrogen and oxygen atoms in total. The molecule has 0 bridgehead atoms. The van der Waals surface area contributed by atoms with Gasteiger partial charge in [0, 0.05) is 49.7 Å². The number of hydrogen-bond donors (Lipinski definition) is 1. The summed E-state index contributed by atoms with van der Waals surface area (Å²) in [7, 11) is 0. The van der Waals surface area contributed by atoms with Crippen LogP contribution in [0.2, 0.25) is 0 Å². The van der Waals surface area contributed by atoms with E-state index in [0.717, 1.165) is 11.3 Å². The lowest BCUT2D eigenvalue weighted by Crippen LogP contribution is -2.49. The van der Waals surface area contributed by atoms with Gasteiger partial charge in [-0.1, -0.05) is 18.2 Å². The van der Waals surface area contributed by atoms with E-state index in [1.807, 2.05) is 29.2 Å². The molecule has 1 fully saturated rings. The Morgan fingerprint density at radius 2 is 1.77 bits per heavy atom. The number of anilines is 2. The van der Waals surface area contributed by atoms with Crippen LogP contribution in [0.5, 0.6) is 0 Å². The standard InChI is InChI=1S/C18H20N4O3.ClH/c19-15-4-1-3-14(11-15)12-18(23)21-9-7-20(8-10-21)16-5-2-6-17(13-16)22(24)25;/h1-6,11,13H,7-10,12,19H2;1H. The number of benzene rings is 2. The number of nitrogen functional groups attached to an aromatic ring is 1. The number of nitrogens with two attached hydrogens (primary N) is 1. The Morgan fingerprint density at radius 1 is 1.08 bits per heavy atom. The van der Waals surface area contributed by atoms with E-state index < -0.39 is 4.92 Å². The summed E-state index contributed by atoms with van der Waals surface area (Å²) in [6.07, 6.45) is 0.335. The normalized spacial score (nSPS) is 13.8. The molecule has 0 aliphatic carbocycles. The summed E-state index contributed by atoms with van der Waals surface area (Å²) in [4.78, 5) is 26.8. The van der Waals surface area contributed by atoms with Gasteiger partial charge in [0.25, 0.3) is 5.69 Å². The molecule has 2 aromatic carbocycles. The molecule has 0 saturated carbocycles. The third-order valence-corrected chi connectivity index (χ3v) is 4.34. The highest BCUT2D eigenvalue weighted by Crippen LogP contribution is 2.22. The molecular weight excluding hydrogens is 356 g/mol. The largest absolute Gasteiger partial charge is 0.399 e. The number of carbonyl (C=O) groups is 1. The lowest BCUT2D eigenvalue weighted by molar-refractivity contribution is -0.384. The van der Waals surface area contributed by atoms with Crippen molar-refractivity contribution in [3.63, 3.8) is 0 Å². The van der Waals surface area contributed by atoms with Crippen molar-refractivity contribution in [3.05, 3.63) is 64.2 Å². The highest BCUT2D eigenvalue weighted by Gasteiger charge is 2.22. The smallest absolute Gasteiger partial charge is 0.271 e. The number of nitrogens with zero attached hydrogens (tertiary/aromatic N) is 3. The Kier molecular flexibility index (Phi) is 6.41. The first-order valence-corrected chi connectivity index (χ1v) is 8.14. The van der Waals surface area contributed by atoms with Crippen LogP contribution in [0.4, 0.5) is 17.1 Å². The lowest BCUT2D eigenvalue weighted by Gasteiger charge is -2.36. The van der Waals surface area contributed by atoms with E-state index in [-0.39, 0.29) is 24.0 Å². The Hall–Kier alpha value is -2.80. The quantitative estimate of drug-likeness (QED) is 0.502. The van der Waals surface area contributed by atoms with Crippen molar-refractivity contribution in [2.24, 2.45) is 0 Å². The molecule has 26 heavy (non-hydrogen) atoms. The number of nitro benzene ring substituents is 1. The third kappa shape index (κ3) is 4.64. The molecule has 1 aliphatic rings. The van der Waals surface area contributed by atoms with Crippen molar-refractivity contribution in [1.29, 1.82) is 0 Å². The zero-order valence-corrected chi connectivity index (χ0v) is 15.0. The Labute approximate surface area is 157 Å². The fourth-order valence-electron chi connectivity index (χ4n) is 3.01. The van der Waals surface area contributed by atoms with Crippen molar-refractivity contribution >= 4 is 35.4 Å². The summed E-state index contributed by atoms with van der Waals surface area (Å²) >= 11 is 0. The second kappa shape index (κ2) is 8.53. The van der Waals surface area contributed by atoms with E-state index >= 15 is 0 Å². The van der Waals surface area contributed by atoms with Gasteiger partial charge in [-0.3, -0.25) is 14.9 Å². The fourth-order valence-corrected chi connectivity index (χ4v) is 3.01. The highest BCUT2D eigenvalue weighted by atomic mass is 35.5. The van der Waals surface area contributed by atoms with Crippen LogP contribution in [0, 0.1) is 10.1 Å². The van der Waals surface area contributed by atoms with Gasteiger partial charge in [0.2, 0.25) is 5.91 Å². The second-order valence-corrected chi connectivity index (χ2v) is 6.07. The fraction of sp³-hybridized carbons (Fsp3) is 0.278. The van der Waals surface area contributed by atoms with Crippen molar-refractivity contribution in [2.45, 2.75) is 6.42 Å². The molecule has 0 spiro atoms. The SMILES string of the molecule is Cl.Nc1cccc(CC(=O)N2CCN(c3cccc([N+](=O)[O-])c3)CC2)c1. The maximum absolute atomic E-state index is 12.4. The molecule has 3 rings (SSSR count). The van der Waals surface area contributed by atoms with Crippen molar-refractivity contribution in [1.82, 2.24) is 4.90 Å². The van der Waals surface area contributed by atoms with Crippen LogP contribution in [-0.2, 0) is 11.2 Å². The highest BCUT2D eigenvalue weighted by molar-refractivity contribution is 5.85. The molecule has 1 aliphatic heterocycles. The monoisotopic (exact) mass is 376 g/mol. The van der Waals surface area contributed by atoms with E-state index in [9.17, 15) is 14.9 Å². The molecule has 8 heteroatoms. The summed E-state index contributed by atoms with van der Waals surface area (Å²) in [6, 6.07) is 14.0. The minimum Gasteiger partial charge on any atom is -0.399 e. The lowest BCUT2D eigenvalue weighted by atomic mass is 10.1. The zero-order valence-electron chi connectivity index (χ0n) is 14.2. The number of non-ortho nitro benzene ring substituents is 1. The van der Waals surface area contributed by atoms with E-state index in [2.05, 4.69) is 4.90 Å². The average Bonchev–Trinajstić information content (AvgIpc) is 2.62. The maximum Gasteiger partial charge on any atom is 0.271 e. The number of halogens is 1. The predicted molar refractivity (Wildman–Crippen MR) is 104 cm³/mol. The Bertz CT molecular complexity index is 792. The molecule has 0 radical (unpaired) electrons. The van der Waals surface area contributed by atoms with Gasteiger partial charge in [-0.2, -0.15) is 0 Å². The number of nitro groups is 1. The molecule has 1 heterocycles. The summed E-state index contributed by atoms with van der Waals surface area (Å²) in [5.41, 5.74) is 8.21. The first-order chi connectivity index (χ1) is 12.0. The van der Waals surface area contributed by atoms with Gasteiger partial charge in [-0.15, -0.1) is 12.4 Å². The van der Waals surface area contributed by atoms with Gasteiger partial charge in [-0.05, 0) is 23.8 Å². The van der Waals surface area contributed by atoms with Crippen LogP contribution in [0.3, 0.4) is 0 Å². The molecule has 0 atom stereocenters. The van der Waals surface area contributed by atoms with Crippen molar-refractivity contribution in [2.75, 3.05) is 36.8 Å². The van der Waals surface area contributed by atoms with Gasteiger partial charge >= 0.3 is 0 Å². The summed E-state index contributed by atoms with van der Waals surface area (Å²) < 4.78 is 0. The molecule has 2 N–H and O–H groups in total. The Morgan fingerprint density at radius 3 is 2.42 bits per heavy atom. The molecule has 1 saturated heterocycles. The van der Waals surface area contributed by atoms with Gasteiger partial charge in [0.05, 0.1) is 11.3 Å². The molecule has 0 unspecified atom stereocenters. The van der Waals surface area contributed by atoms with Crippen LogP contribution in [0.25, 0.3) is 0 Å². The van der Waals surface area contributed by atoms with E-state index in [1.54, 1.807) is 18.2 Å². The van der Waals surface area contributed by atoms with E-state index in [4.69, 9.17) is 5.73 Å². The van der Waals surface area contributed by atoms with Crippen LogP contribution in [-0.4, -0.2) is 41.9 Å². The van der Waals surface area contributed by atoms with Crippen molar-refractivity contribution < 1.29 is 9.72 Å². The van der Waals surface area contributed by atoms with E-state index in [1.165, 1.54) is 6.07 Å². The molecule has 2 aromatic rings. The van der Waals surface area contributed by atoms with E-state index in [0.29, 0.717) is 38.3 Å². The van der Waals surface area contributed by atoms with Crippen LogP contribution >= 0.6 is 12.4 Å². The zero-order chi connectivity index (χ0) is 17.8. The molecular formula is C18H21ClN4O3. The van der Waals surface area contributed by atoms with Crippen LogP contribution < -0.4 is 10.6 Å². The molecule has 1 amide bonds. The number of amides is 1. The van der Waals surface area contributed by atoms with Crippen LogP contribution in [0.1, 0.15) is 5.56 Å². The first-order valence-electron chi connectivity index (χ1n) is 8.14. The predicted octanol–water partition coefficient (Wildman–Crippen LogP) is 2.49. The summed E-state index contributed by atoms with van der Waals surface area (Å²) in [5, 5.41) is 10.9. The van der Waals surface area contributed by atoms with Gasteiger partial charge in [0.15, 0.2) is 0 Å². The molecule has 138 valence electrons. The summed E-state index contributed by atoms with van der Waals surface area (Å²) in [5.74, 6) is 0.0734. The number of rotatable bonds is 4. The number of piperazine rings is 1. The minimum absolute atomic E-state index is 0. The minimum atomic E-state index is -0.394. The topological polar surface area (TPSA) is 92.7 Å². The first kappa shape index (κ1) is 19.5. The van der Waals surface area contributed by atoms with Gasteiger partial charge in [-0.25, -0.2) is 0 Å². The number of carbonyl (C=O) groups excluding carboxylic acids is 1. The summed E-state index contributed by atoms with van der Waals surface area (Å²) in [6.45, 7) is 2.52. The molecule has 0 aromatic heterocycles. The van der Waals surface area contributed by atoms with Crippen LogP contribution in [0.15, 0.2) is 48.5 Å².